The molecule has 0 spiro atoms. The van der Waals surface area contributed by atoms with Gasteiger partial charge in [0, 0.05) is 6.54 Å². The summed E-state index contributed by atoms with van der Waals surface area (Å²) in [5.41, 5.74) is -0.933. The van der Waals surface area contributed by atoms with Crippen molar-refractivity contribution in [2.45, 2.75) is 65.6 Å². The molecule has 0 aromatic rings. The molecule has 0 N–H and O–H groups in total. The van der Waals surface area contributed by atoms with E-state index in [0.29, 0.717) is 12.5 Å². The molecule has 1 aliphatic heterocycles. The summed E-state index contributed by atoms with van der Waals surface area (Å²) in [4.78, 5) is 20.5. The predicted octanol–water partition coefficient (Wildman–Crippen LogP) is 3.30. The Hall–Kier alpha value is -0.810. The molecule has 1 saturated heterocycles. The third-order valence-electron chi connectivity index (χ3n) is 3.13. The predicted molar refractivity (Wildman–Crippen MR) is 84.0 cm³/mol. The van der Waals surface area contributed by atoms with Crippen LogP contribution in [0.4, 0.5) is 4.79 Å². The lowest BCUT2D eigenvalue weighted by Crippen LogP contribution is -2.46. The number of amides is 1. The fourth-order valence-electron chi connectivity index (χ4n) is 2.45. The molecule has 1 unspecified atom stereocenters. The van der Waals surface area contributed by atoms with Crippen LogP contribution in [0.2, 0.25) is 0 Å². The standard InChI is InChI=1S/C16H32N2O3/c1-15(2,3)20-14(19)18(21-16(4,5)6)12-13-9-8-10-17(7)11-13/h13H,8-12H2,1-7H3. The Bertz CT molecular complexity index is 344. The second-order valence-electron chi connectivity index (χ2n) is 8.02. The molecule has 1 atom stereocenters. The summed E-state index contributed by atoms with van der Waals surface area (Å²) in [6.07, 6.45) is 1.89. The fourth-order valence-corrected chi connectivity index (χ4v) is 2.45. The van der Waals surface area contributed by atoms with Crippen molar-refractivity contribution in [2.24, 2.45) is 5.92 Å². The normalized spacial score (nSPS) is 21.2. The molecule has 1 rings (SSSR count). The van der Waals surface area contributed by atoms with Gasteiger partial charge in [-0.3, -0.25) is 4.84 Å². The van der Waals surface area contributed by atoms with E-state index in [0.717, 1.165) is 19.5 Å². The summed E-state index contributed by atoms with van der Waals surface area (Å²) in [6.45, 7) is 14.1. The number of hydrogen-bond donors (Lipinski definition) is 0. The Morgan fingerprint density at radius 3 is 2.29 bits per heavy atom. The highest BCUT2D eigenvalue weighted by Crippen LogP contribution is 2.21. The number of carbonyl (C=O) groups excluding carboxylic acids is 1. The molecular weight excluding hydrogens is 268 g/mol. The van der Waals surface area contributed by atoms with Gasteiger partial charge in [0.2, 0.25) is 0 Å². The van der Waals surface area contributed by atoms with Gasteiger partial charge in [0.05, 0.1) is 12.1 Å². The zero-order valence-electron chi connectivity index (χ0n) is 14.7. The van der Waals surface area contributed by atoms with Crippen molar-refractivity contribution in [3.63, 3.8) is 0 Å². The van der Waals surface area contributed by atoms with E-state index in [2.05, 4.69) is 11.9 Å². The van der Waals surface area contributed by atoms with E-state index in [4.69, 9.17) is 9.57 Å². The summed E-state index contributed by atoms with van der Waals surface area (Å²) in [5, 5.41) is 1.41. The summed E-state index contributed by atoms with van der Waals surface area (Å²) >= 11 is 0. The molecule has 124 valence electrons. The number of rotatable bonds is 3. The van der Waals surface area contributed by atoms with Crippen molar-refractivity contribution in [1.29, 1.82) is 0 Å². The zero-order chi connectivity index (χ0) is 16.3. The summed E-state index contributed by atoms with van der Waals surface area (Å²) in [5.74, 6) is 0.429. The maximum absolute atomic E-state index is 12.4. The van der Waals surface area contributed by atoms with E-state index in [1.807, 2.05) is 41.5 Å². The van der Waals surface area contributed by atoms with Crippen molar-refractivity contribution in [1.82, 2.24) is 9.96 Å². The Morgan fingerprint density at radius 2 is 1.81 bits per heavy atom. The van der Waals surface area contributed by atoms with Crippen molar-refractivity contribution >= 4 is 6.09 Å². The largest absolute Gasteiger partial charge is 0.442 e. The van der Waals surface area contributed by atoms with Gasteiger partial charge in [-0.2, -0.15) is 5.06 Å². The van der Waals surface area contributed by atoms with Crippen molar-refractivity contribution in [2.75, 3.05) is 26.7 Å². The van der Waals surface area contributed by atoms with E-state index in [9.17, 15) is 4.79 Å². The smallest absolute Gasteiger partial charge is 0.434 e. The summed E-state index contributed by atoms with van der Waals surface area (Å²) in [7, 11) is 2.12. The van der Waals surface area contributed by atoms with Crippen LogP contribution in [-0.4, -0.2) is 53.9 Å². The van der Waals surface area contributed by atoms with Crippen LogP contribution in [-0.2, 0) is 9.57 Å². The van der Waals surface area contributed by atoms with Gasteiger partial charge in [0.25, 0.3) is 0 Å². The van der Waals surface area contributed by atoms with Gasteiger partial charge in [-0.05, 0) is 73.9 Å². The highest BCUT2D eigenvalue weighted by atomic mass is 16.7. The second kappa shape index (κ2) is 6.97. The number of nitrogens with zero attached hydrogens (tertiary/aromatic N) is 2. The third-order valence-corrected chi connectivity index (χ3v) is 3.13. The van der Waals surface area contributed by atoms with E-state index in [1.165, 1.54) is 11.5 Å². The van der Waals surface area contributed by atoms with Gasteiger partial charge < -0.3 is 9.64 Å². The Labute approximate surface area is 129 Å². The van der Waals surface area contributed by atoms with Gasteiger partial charge >= 0.3 is 6.09 Å². The minimum Gasteiger partial charge on any atom is -0.442 e. The first kappa shape index (κ1) is 18.2. The van der Waals surface area contributed by atoms with E-state index in [1.54, 1.807) is 0 Å². The molecule has 21 heavy (non-hydrogen) atoms. The molecule has 5 nitrogen and oxygen atoms in total. The molecule has 0 saturated carbocycles. The quantitative estimate of drug-likeness (QED) is 0.750. The molecule has 1 amide bonds. The fraction of sp³-hybridized carbons (Fsp3) is 0.938. The van der Waals surface area contributed by atoms with Crippen LogP contribution in [0.15, 0.2) is 0 Å². The number of hydroxylamine groups is 2. The van der Waals surface area contributed by atoms with Crippen LogP contribution in [0.1, 0.15) is 54.4 Å². The minimum absolute atomic E-state index is 0.398. The number of likely N-dealkylation sites (tertiary alicyclic amines) is 1. The van der Waals surface area contributed by atoms with E-state index in [-0.39, 0.29) is 0 Å². The van der Waals surface area contributed by atoms with Crippen molar-refractivity contribution in [3.05, 3.63) is 0 Å². The monoisotopic (exact) mass is 300 g/mol. The molecule has 0 aromatic heterocycles. The average Bonchev–Trinajstić information content (AvgIpc) is 2.23. The van der Waals surface area contributed by atoms with E-state index < -0.39 is 17.3 Å². The molecule has 0 aliphatic carbocycles. The average molecular weight is 300 g/mol. The molecule has 1 fully saturated rings. The molecule has 0 bridgehead atoms. The lowest BCUT2D eigenvalue weighted by atomic mass is 9.98. The lowest BCUT2D eigenvalue weighted by molar-refractivity contribution is -0.217. The first-order chi connectivity index (χ1) is 9.46. The summed E-state index contributed by atoms with van der Waals surface area (Å²) in [6, 6.07) is 0. The highest BCUT2D eigenvalue weighted by Gasteiger charge is 2.30. The number of ether oxygens (including phenoxy) is 1. The molecule has 5 heteroatoms. The van der Waals surface area contributed by atoms with Gasteiger partial charge in [-0.1, -0.05) is 0 Å². The molecule has 0 radical (unpaired) electrons. The first-order valence-corrected chi connectivity index (χ1v) is 7.84. The van der Waals surface area contributed by atoms with Crippen LogP contribution in [0.3, 0.4) is 0 Å². The van der Waals surface area contributed by atoms with Crippen molar-refractivity contribution < 1.29 is 14.4 Å². The number of carbonyl (C=O) groups is 1. The first-order valence-electron chi connectivity index (χ1n) is 7.84. The van der Waals surface area contributed by atoms with E-state index >= 15 is 0 Å². The van der Waals surface area contributed by atoms with Crippen LogP contribution in [0.5, 0.6) is 0 Å². The van der Waals surface area contributed by atoms with Crippen molar-refractivity contribution in [3.8, 4) is 0 Å². The van der Waals surface area contributed by atoms with Crippen LogP contribution in [0, 0.1) is 5.92 Å². The maximum Gasteiger partial charge on any atom is 0.434 e. The topological polar surface area (TPSA) is 42.0 Å². The van der Waals surface area contributed by atoms with Crippen LogP contribution < -0.4 is 0 Å². The summed E-state index contributed by atoms with van der Waals surface area (Å²) < 4.78 is 5.46. The van der Waals surface area contributed by atoms with Gasteiger partial charge in [0.15, 0.2) is 0 Å². The second-order valence-corrected chi connectivity index (χ2v) is 8.02. The Morgan fingerprint density at radius 1 is 1.19 bits per heavy atom. The van der Waals surface area contributed by atoms with Crippen LogP contribution in [0.25, 0.3) is 0 Å². The highest BCUT2D eigenvalue weighted by molar-refractivity contribution is 5.66. The van der Waals surface area contributed by atoms with Crippen LogP contribution >= 0.6 is 0 Å². The number of piperidine rings is 1. The molecule has 0 aromatic carbocycles. The minimum atomic E-state index is -0.514. The maximum atomic E-state index is 12.4. The Balaban J connectivity index is 2.70. The third kappa shape index (κ3) is 7.67. The number of hydrogen-bond acceptors (Lipinski definition) is 4. The molecule has 1 aliphatic rings. The van der Waals surface area contributed by atoms with Gasteiger partial charge in [0.1, 0.15) is 5.60 Å². The molecular formula is C16H32N2O3. The molecule has 1 heterocycles. The van der Waals surface area contributed by atoms with Gasteiger partial charge in [-0.25, -0.2) is 4.79 Å². The lowest BCUT2D eigenvalue weighted by Gasteiger charge is -2.36. The SMILES string of the molecule is CN1CCCC(CN(OC(C)(C)C)C(=O)OC(C)(C)C)C1. The Kier molecular flexibility index (Phi) is 6.05. The van der Waals surface area contributed by atoms with Gasteiger partial charge in [-0.15, -0.1) is 0 Å². The zero-order valence-corrected chi connectivity index (χ0v) is 14.7.